The first-order valence-corrected chi connectivity index (χ1v) is 13.6. The Bertz CT molecular complexity index is 428. The highest BCUT2D eigenvalue weighted by Crippen LogP contribution is 2.27. The molecule has 0 aromatic heterocycles. The van der Waals surface area contributed by atoms with Gasteiger partial charge in [0.05, 0.1) is 5.25 Å². The van der Waals surface area contributed by atoms with Gasteiger partial charge in [-0.2, -0.15) is 0 Å². The van der Waals surface area contributed by atoms with Crippen molar-refractivity contribution in [1.29, 1.82) is 0 Å². The van der Waals surface area contributed by atoms with Gasteiger partial charge in [-0.3, -0.25) is 0 Å². The number of sulfonamides is 1. The average molecular weight is 402 g/mol. The normalized spacial score (nSPS) is 20.8. The minimum atomic E-state index is -3.07. The second-order valence-corrected chi connectivity index (χ2v) is 11.0. The Labute approximate surface area is 170 Å². The molecule has 0 bridgehead atoms. The molecule has 1 aliphatic carbocycles. The second kappa shape index (κ2) is 15.8. The summed E-state index contributed by atoms with van der Waals surface area (Å²) < 4.78 is 27.5. The maximum absolute atomic E-state index is 12.3. The molecule has 0 spiro atoms. The first-order chi connectivity index (χ1) is 13.1. The summed E-state index contributed by atoms with van der Waals surface area (Å²) in [6.07, 6.45) is 22.5. The standard InChI is InChI=1S/C23H47NO2S/c1-3-4-5-6-7-8-9-10-11-12-13-14-15-16-21-24-27(25,26)23-19-17-22(2)18-20-23/h22-24H,3-21H2,1-2H3. The van der Waals surface area contributed by atoms with Crippen molar-refractivity contribution >= 4 is 10.0 Å². The van der Waals surface area contributed by atoms with E-state index >= 15 is 0 Å². The number of hydrogen-bond acceptors (Lipinski definition) is 2. The molecule has 162 valence electrons. The molecule has 3 nitrogen and oxygen atoms in total. The lowest BCUT2D eigenvalue weighted by Gasteiger charge is -2.26. The highest BCUT2D eigenvalue weighted by molar-refractivity contribution is 7.90. The monoisotopic (exact) mass is 401 g/mol. The van der Waals surface area contributed by atoms with Gasteiger partial charge in [0.2, 0.25) is 10.0 Å². The summed E-state index contributed by atoms with van der Waals surface area (Å²) in [5.74, 6) is 0.697. The Kier molecular flexibility index (Phi) is 14.6. The molecule has 4 heteroatoms. The van der Waals surface area contributed by atoms with Crippen LogP contribution < -0.4 is 4.72 Å². The first-order valence-electron chi connectivity index (χ1n) is 12.0. The van der Waals surface area contributed by atoms with E-state index in [2.05, 4.69) is 18.6 Å². The SMILES string of the molecule is CCCCCCCCCCCCCCCCNS(=O)(=O)C1CCC(C)CC1. The van der Waals surface area contributed by atoms with Gasteiger partial charge in [-0.15, -0.1) is 0 Å². The number of hydrogen-bond donors (Lipinski definition) is 1. The second-order valence-electron chi connectivity index (χ2n) is 8.92. The molecule has 0 saturated heterocycles. The van der Waals surface area contributed by atoms with Crippen molar-refractivity contribution in [3.63, 3.8) is 0 Å². The van der Waals surface area contributed by atoms with Crippen molar-refractivity contribution in [3.8, 4) is 0 Å². The summed E-state index contributed by atoms with van der Waals surface area (Å²) in [5, 5.41) is -0.139. The zero-order valence-electron chi connectivity index (χ0n) is 18.3. The Balaban J connectivity index is 1.85. The van der Waals surface area contributed by atoms with E-state index < -0.39 is 10.0 Å². The van der Waals surface area contributed by atoms with Crippen LogP contribution in [0.1, 0.15) is 129 Å². The Morgan fingerprint density at radius 1 is 0.667 bits per heavy atom. The maximum atomic E-state index is 12.3. The minimum Gasteiger partial charge on any atom is -0.215 e. The average Bonchev–Trinajstić information content (AvgIpc) is 2.65. The zero-order valence-corrected chi connectivity index (χ0v) is 19.1. The lowest BCUT2D eigenvalue weighted by Crippen LogP contribution is -2.37. The van der Waals surface area contributed by atoms with E-state index in [0.29, 0.717) is 12.5 Å². The molecule has 0 amide bonds. The maximum Gasteiger partial charge on any atom is 0.214 e. The van der Waals surface area contributed by atoms with Gasteiger partial charge in [0.25, 0.3) is 0 Å². The minimum absolute atomic E-state index is 0.139. The smallest absolute Gasteiger partial charge is 0.214 e. The Morgan fingerprint density at radius 3 is 1.52 bits per heavy atom. The van der Waals surface area contributed by atoms with Gasteiger partial charge >= 0.3 is 0 Å². The molecule has 27 heavy (non-hydrogen) atoms. The van der Waals surface area contributed by atoms with Crippen molar-refractivity contribution in [1.82, 2.24) is 4.72 Å². The summed E-state index contributed by atoms with van der Waals surface area (Å²) in [7, 11) is -3.07. The van der Waals surface area contributed by atoms with Gasteiger partial charge in [-0.1, -0.05) is 97.3 Å². The van der Waals surface area contributed by atoms with Gasteiger partial charge in [0.15, 0.2) is 0 Å². The zero-order chi connectivity index (χ0) is 19.8. The number of unbranched alkanes of at least 4 members (excludes halogenated alkanes) is 13. The molecule has 0 heterocycles. The van der Waals surface area contributed by atoms with Crippen LogP contribution in [0.2, 0.25) is 0 Å². The van der Waals surface area contributed by atoms with Crippen LogP contribution in [-0.2, 0) is 10.0 Å². The summed E-state index contributed by atoms with van der Waals surface area (Å²) in [4.78, 5) is 0. The highest BCUT2D eigenvalue weighted by atomic mass is 32.2. The van der Waals surface area contributed by atoms with Gasteiger partial charge in [-0.25, -0.2) is 13.1 Å². The van der Waals surface area contributed by atoms with Crippen LogP contribution in [0, 0.1) is 5.92 Å². The third kappa shape index (κ3) is 12.9. The van der Waals surface area contributed by atoms with Crippen molar-refractivity contribution in [2.75, 3.05) is 6.54 Å². The quantitative estimate of drug-likeness (QED) is 0.268. The van der Waals surface area contributed by atoms with E-state index in [9.17, 15) is 8.42 Å². The van der Waals surface area contributed by atoms with Crippen LogP contribution in [0.5, 0.6) is 0 Å². The molecular weight excluding hydrogens is 354 g/mol. The molecule has 0 aromatic rings. The van der Waals surface area contributed by atoms with Crippen LogP contribution in [-0.4, -0.2) is 20.2 Å². The molecule has 0 radical (unpaired) electrons. The van der Waals surface area contributed by atoms with Gasteiger partial charge < -0.3 is 0 Å². The highest BCUT2D eigenvalue weighted by Gasteiger charge is 2.28. The third-order valence-electron chi connectivity index (χ3n) is 6.24. The fraction of sp³-hybridized carbons (Fsp3) is 1.00. The molecule has 1 aliphatic rings. The van der Waals surface area contributed by atoms with Crippen molar-refractivity contribution in [3.05, 3.63) is 0 Å². The summed E-state index contributed by atoms with van der Waals surface area (Å²) in [5.41, 5.74) is 0. The van der Waals surface area contributed by atoms with Crippen LogP contribution in [0.3, 0.4) is 0 Å². The van der Waals surface area contributed by atoms with E-state index in [1.807, 2.05) is 0 Å². The molecule has 0 aliphatic heterocycles. The summed E-state index contributed by atoms with van der Waals surface area (Å²) >= 11 is 0. The van der Waals surface area contributed by atoms with Crippen LogP contribution >= 0.6 is 0 Å². The number of nitrogens with one attached hydrogen (secondary N) is 1. The fourth-order valence-electron chi connectivity index (χ4n) is 4.19. The molecule has 0 aromatic carbocycles. The molecule has 0 atom stereocenters. The number of rotatable bonds is 17. The molecular formula is C23H47NO2S. The Hall–Kier alpha value is -0.0900. The van der Waals surface area contributed by atoms with Crippen molar-refractivity contribution in [2.24, 2.45) is 5.92 Å². The van der Waals surface area contributed by atoms with E-state index in [1.54, 1.807) is 0 Å². The Morgan fingerprint density at radius 2 is 1.07 bits per heavy atom. The predicted octanol–water partition coefficient (Wildman–Crippen LogP) is 6.97. The molecule has 0 unspecified atom stereocenters. The molecule has 1 saturated carbocycles. The lowest BCUT2D eigenvalue weighted by molar-refractivity contribution is 0.380. The van der Waals surface area contributed by atoms with Gasteiger partial charge in [-0.05, 0) is 38.0 Å². The van der Waals surface area contributed by atoms with E-state index in [1.165, 1.54) is 77.0 Å². The molecule has 1 N–H and O–H groups in total. The van der Waals surface area contributed by atoms with Crippen LogP contribution in [0.4, 0.5) is 0 Å². The van der Waals surface area contributed by atoms with E-state index in [4.69, 9.17) is 0 Å². The van der Waals surface area contributed by atoms with Crippen LogP contribution in [0.15, 0.2) is 0 Å². The van der Waals surface area contributed by atoms with E-state index in [-0.39, 0.29) is 5.25 Å². The third-order valence-corrected chi connectivity index (χ3v) is 8.19. The summed E-state index contributed by atoms with van der Waals surface area (Å²) in [6.45, 7) is 5.13. The fourth-order valence-corrected chi connectivity index (χ4v) is 5.75. The lowest BCUT2D eigenvalue weighted by atomic mass is 9.91. The topological polar surface area (TPSA) is 46.2 Å². The van der Waals surface area contributed by atoms with Gasteiger partial charge in [0.1, 0.15) is 0 Å². The van der Waals surface area contributed by atoms with E-state index in [0.717, 1.165) is 38.5 Å². The van der Waals surface area contributed by atoms with Crippen molar-refractivity contribution in [2.45, 2.75) is 135 Å². The first kappa shape index (κ1) is 24.9. The summed E-state index contributed by atoms with van der Waals surface area (Å²) in [6, 6.07) is 0. The largest absolute Gasteiger partial charge is 0.215 e. The molecule has 1 rings (SSSR count). The predicted molar refractivity (Wildman–Crippen MR) is 119 cm³/mol. The van der Waals surface area contributed by atoms with Crippen molar-refractivity contribution < 1.29 is 8.42 Å². The van der Waals surface area contributed by atoms with Crippen LogP contribution in [0.25, 0.3) is 0 Å². The molecule has 1 fully saturated rings. The van der Waals surface area contributed by atoms with Gasteiger partial charge in [0, 0.05) is 6.54 Å².